The van der Waals surface area contributed by atoms with Crippen molar-refractivity contribution in [2.45, 2.75) is 38.5 Å². The van der Waals surface area contributed by atoms with E-state index in [0.717, 1.165) is 113 Å². The molecular weight excluding hydrogens is 1770 g/mol. The van der Waals surface area contributed by atoms with Crippen LogP contribution in [0.2, 0.25) is 0 Å². The first-order valence-corrected chi connectivity index (χ1v) is 50.1. The fourth-order valence-corrected chi connectivity index (χ4v) is 24.4. The number of hydrogen-bond donors (Lipinski definition) is 0. The van der Waals surface area contributed by atoms with Crippen LogP contribution in [0.25, 0.3) is 82.5 Å². The van der Waals surface area contributed by atoms with Gasteiger partial charge < -0.3 is 47.3 Å². The third-order valence-corrected chi connectivity index (χ3v) is 30.9. The SMILES string of the molecule is CC1(C)c2ccccc2N(c2ccc3c(c2)Oc2ccccc2B3c2ccccc2)c2c1ccc1c2c2ccccc2n1-c1ccccc1.CC1(C)c2ccccc2N(c2ccc3c(c2)Oc2ccccc2B3c2ccccc2)c2cc3c(cc21)c1ccccc1n3-c1ccccc1.c1ccc(B2c3ccccc3Oc3cc(N4c5ccccc5Oc5ccc6c(c54)c4ccccc4n6-c4ccccc4)ccc32)cc1. The number of anilines is 9. The Morgan fingerprint density at radius 1 is 0.179 bits per heavy atom. The topological polar surface area (TPSA) is 61.4 Å². The maximum Gasteiger partial charge on any atom is 0.250 e. The first-order valence-electron chi connectivity index (χ1n) is 50.1. The molecule has 0 radical (unpaired) electrons. The van der Waals surface area contributed by atoms with E-state index in [2.05, 4.69) is 529 Å². The summed E-state index contributed by atoms with van der Waals surface area (Å²) < 4.78 is 34.0. The molecule has 0 atom stereocenters. The molecule has 9 heterocycles. The van der Waals surface area contributed by atoms with E-state index in [4.69, 9.17) is 18.9 Å². The van der Waals surface area contributed by atoms with Gasteiger partial charge in [-0.2, -0.15) is 0 Å². The standard InChI is InChI=1S/2C45H33BN2O.C42H27BN2O2/c1-45(2)34-20-10-13-23-39(34)48(32-25-27-37-42(29-32)49-41-24-14-11-21-36(41)46(37)30-15-5-3-6-16-30)44-35(45)26-28-40-43(44)33-19-9-12-22-38(33)47(40)31-17-7-4-8-18-31;1-45(2)35-20-10-13-23-40(35)48(32-25-26-38-44(27-32)49-43-24-14-11-21-37(43)46(38)30-15-5-3-6-16-30)42-29-41-34(28-36(42)45)33-19-9-12-22-39(33)47(41)31-17-7-4-8-18-31;1-3-13-28(14-4-1)43-32-18-8-11-21-37(32)46-40-27-30(23-24-33(40)43)45-35-20-10-12-22-38(35)47-39-26-25-36-41(42(39)45)31-17-7-9-19-34(31)44(36)29-15-5-2-6-16-29/h2*3-29H,1-2H3;1-27H. The lowest BCUT2D eigenvalue weighted by atomic mass is 9.36. The molecule has 6 aliphatic heterocycles. The Bertz CT molecular complexity index is 9270. The second kappa shape index (κ2) is 33.8. The molecule has 30 rings (SSSR count). The zero-order valence-corrected chi connectivity index (χ0v) is 80.3. The van der Waals surface area contributed by atoms with Crippen LogP contribution in [0, 0.1) is 0 Å². The van der Waals surface area contributed by atoms with E-state index in [1.807, 2.05) is 18.2 Å². The summed E-state index contributed by atoms with van der Waals surface area (Å²) in [6.07, 6.45) is 0. The average molecular weight is 1860 g/mol. The molecule has 0 spiro atoms. The van der Waals surface area contributed by atoms with Crippen LogP contribution >= 0.6 is 0 Å². The Morgan fingerprint density at radius 2 is 0.503 bits per heavy atom. The van der Waals surface area contributed by atoms with Gasteiger partial charge in [-0.1, -0.05) is 372 Å². The number of benzene rings is 21. The molecule has 0 unspecified atom stereocenters. The Kier molecular flexibility index (Phi) is 19.8. The van der Waals surface area contributed by atoms with Crippen LogP contribution < -0.4 is 82.8 Å². The largest absolute Gasteiger partial charge is 0.458 e. The second-order valence-electron chi connectivity index (χ2n) is 39.6. The fourth-order valence-electron chi connectivity index (χ4n) is 24.4. The van der Waals surface area contributed by atoms with Crippen LogP contribution in [0.1, 0.15) is 49.9 Å². The third-order valence-electron chi connectivity index (χ3n) is 30.9. The number of aromatic nitrogens is 3. The molecule has 0 saturated carbocycles. The van der Waals surface area contributed by atoms with E-state index >= 15 is 0 Å². The van der Waals surface area contributed by atoms with Crippen LogP contribution in [0.15, 0.2) is 491 Å². The number of hydrogen-bond acceptors (Lipinski definition) is 7. The Balaban J connectivity index is 0.000000106. The highest BCUT2D eigenvalue weighted by Gasteiger charge is 2.44. The highest BCUT2D eigenvalue weighted by atomic mass is 16.5. The minimum atomic E-state index is -0.214. The number of fused-ring (bicyclic) bond motifs is 23. The molecule has 0 fully saturated rings. The predicted molar refractivity (Wildman–Crippen MR) is 604 cm³/mol. The van der Waals surface area contributed by atoms with E-state index in [0.29, 0.717) is 0 Å². The van der Waals surface area contributed by atoms with Crippen molar-refractivity contribution in [1.29, 1.82) is 0 Å². The third kappa shape index (κ3) is 13.5. The summed E-state index contributed by atoms with van der Waals surface area (Å²) >= 11 is 0. The molecule has 0 bridgehead atoms. The first-order chi connectivity index (χ1) is 71.5. The van der Waals surface area contributed by atoms with Crippen LogP contribution in [-0.2, 0) is 10.8 Å². The van der Waals surface area contributed by atoms with Gasteiger partial charge in [0.2, 0.25) is 0 Å². The summed E-state index contributed by atoms with van der Waals surface area (Å²) in [4.78, 5) is 7.28. The molecule has 0 saturated heterocycles. The lowest BCUT2D eigenvalue weighted by Crippen LogP contribution is -2.54. The molecule has 13 heteroatoms. The minimum absolute atomic E-state index is 0.0741. The van der Waals surface area contributed by atoms with Crippen molar-refractivity contribution in [3.63, 3.8) is 0 Å². The van der Waals surface area contributed by atoms with Gasteiger partial charge in [0.15, 0.2) is 11.5 Å². The van der Waals surface area contributed by atoms with Crippen LogP contribution in [0.4, 0.5) is 51.2 Å². The summed E-state index contributed by atoms with van der Waals surface area (Å²) in [6, 6.07) is 176. The van der Waals surface area contributed by atoms with Crippen LogP contribution in [0.3, 0.4) is 0 Å². The van der Waals surface area contributed by atoms with Gasteiger partial charge in [0, 0.05) is 89.8 Å². The van der Waals surface area contributed by atoms with Gasteiger partial charge in [-0.15, -0.1) is 0 Å². The van der Waals surface area contributed by atoms with E-state index in [1.165, 1.54) is 138 Å². The maximum absolute atomic E-state index is 6.77. The first kappa shape index (κ1) is 84.8. The second-order valence-corrected chi connectivity index (χ2v) is 39.6. The van der Waals surface area contributed by atoms with Crippen molar-refractivity contribution in [2.24, 2.45) is 0 Å². The van der Waals surface area contributed by atoms with Crippen LogP contribution in [0.5, 0.6) is 46.0 Å². The lowest BCUT2D eigenvalue weighted by Gasteiger charge is -2.42. The smallest absolute Gasteiger partial charge is 0.250 e. The van der Waals surface area contributed by atoms with Gasteiger partial charge in [-0.3, -0.25) is 0 Å². The van der Waals surface area contributed by atoms with E-state index in [9.17, 15) is 0 Å². The van der Waals surface area contributed by atoms with Crippen LogP contribution in [-0.4, -0.2) is 33.8 Å². The van der Waals surface area contributed by atoms with Gasteiger partial charge in [-0.05, 0) is 201 Å². The van der Waals surface area contributed by atoms with Crippen molar-refractivity contribution < 1.29 is 18.9 Å². The van der Waals surface area contributed by atoms with Crippen molar-refractivity contribution in [1.82, 2.24) is 13.7 Å². The molecule has 3 aromatic heterocycles. The van der Waals surface area contributed by atoms with E-state index in [-0.39, 0.29) is 31.0 Å². The van der Waals surface area contributed by atoms with Crippen molar-refractivity contribution in [3.8, 4) is 63.1 Å². The molecule has 10 nitrogen and oxygen atoms in total. The quantitative estimate of drug-likeness (QED) is 0.133. The molecule has 0 amide bonds. The zero-order valence-electron chi connectivity index (χ0n) is 80.3. The molecule has 0 N–H and O–H groups in total. The molecule has 24 aromatic rings. The summed E-state index contributed by atoms with van der Waals surface area (Å²) in [5.74, 6) is 7.00. The highest BCUT2D eigenvalue weighted by Crippen LogP contribution is 2.60. The van der Waals surface area contributed by atoms with Crippen molar-refractivity contribution >= 4 is 186 Å². The molecule has 6 aliphatic rings. The number of ether oxygens (including phenoxy) is 4. The van der Waals surface area contributed by atoms with Gasteiger partial charge in [-0.25, -0.2) is 0 Å². The van der Waals surface area contributed by atoms with Gasteiger partial charge in [0.05, 0.1) is 72.9 Å². The number of nitrogens with zero attached hydrogens (tertiary/aromatic N) is 6. The fraction of sp³-hybridized carbons (Fsp3) is 0.0455. The molecule has 145 heavy (non-hydrogen) atoms. The minimum Gasteiger partial charge on any atom is -0.458 e. The van der Waals surface area contributed by atoms with E-state index in [1.54, 1.807) is 0 Å². The van der Waals surface area contributed by atoms with Gasteiger partial charge in [0.1, 0.15) is 34.5 Å². The van der Waals surface area contributed by atoms with Crippen molar-refractivity contribution in [3.05, 3.63) is 514 Å². The Labute approximate surface area is 842 Å². The maximum atomic E-state index is 6.77. The molecular formula is C132H93B3N6O4. The Morgan fingerprint density at radius 3 is 0.966 bits per heavy atom. The lowest BCUT2D eigenvalue weighted by molar-refractivity contribution is 0.477. The number of rotatable bonds is 9. The number of para-hydroxylation sites is 13. The monoisotopic (exact) mass is 1860 g/mol. The Hall–Kier alpha value is -18.2. The van der Waals surface area contributed by atoms with Gasteiger partial charge >= 0.3 is 0 Å². The summed E-state index contributed by atoms with van der Waals surface area (Å²) in [5, 5.41) is 7.34. The summed E-state index contributed by atoms with van der Waals surface area (Å²) in [5.41, 5.74) is 36.1. The normalized spacial score (nSPS) is 13.8. The highest BCUT2D eigenvalue weighted by molar-refractivity contribution is 6.98. The summed E-state index contributed by atoms with van der Waals surface area (Å²) in [7, 11) is 0. The predicted octanol–water partition coefficient (Wildman–Crippen LogP) is 28.0. The van der Waals surface area contributed by atoms with Crippen molar-refractivity contribution in [2.75, 3.05) is 14.7 Å². The van der Waals surface area contributed by atoms with Gasteiger partial charge in [0.25, 0.3) is 20.1 Å². The zero-order chi connectivity index (χ0) is 96.3. The summed E-state index contributed by atoms with van der Waals surface area (Å²) in [6.45, 7) is 9.71. The molecule has 21 aromatic carbocycles. The molecule has 684 valence electrons. The molecule has 0 aliphatic carbocycles. The van der Waals surface area contributed by atoms with E-state index < -0.39 is 0 Å². The average Bonchev–Trinajstić information content (AvgIpc) is 1.58.